The third-order valence-corrected chi connectivity index (χ3v) is 7.13. The molecule has 0 radical (unpaired) electrons. The standard InChI is InChI=1S/C36H54N2.Ni/c1-2-3-4-5-6-7-8-9-10-11-12-13-14-15-16-17-18-19-20-23-32-36(38-35-30-26-22-27-31-35)33-37-34-28-24-21-25-29-34;/h21-33H,2-20H2,1H3;. The smallest absolute Gasteiger partial charge is 0.0816 e. The van der Waals surface area contributed by atoms with Gasteiger partial charge in [0.25, 0.3) is 0 Å². The molecular weight excluding hydrogens is 519 g/mol. The first-order valence-electron chi connectivity index (χ1n) is 15.8. The minimum Gasteiger partial charge on any atom is -0.255 e. The third kappa shape index (κ3) is 20.6. The quantitative estimate of drug-likeness (QED) is 0.0718. The van der Waals surface area contributed by atoms with E-state index in [0.29, 0.717) is 0 Å². The monoisotopic (exact) mass is 572 g/mol. The Kier molecular flexibility index (Phi) is 23.6. The van der Waals surface area contributed by atoms with Gasteiger partial charge in [0.2, 0.25) is 0 Å². The molecule has 2 aromatic rings. The summed E-state index contributed by atoms with van der Waals surface area (Å²) in [6, 6.07) is 20.2. The van der Waals surface area contributed by atoms with Crippen molar-refractivity contribution in [2.75, 3.05) is 0 Å². The van der Waals surface area contributed by atoms with E-state index in [2.05, 4.69) is 24.1 Å². The van der Waals surface area contributed by atoms with Crippen LogP contribution in [0.15, 0.2) is 82.8 Å². The van der Waals surface area contributed by atoms with Crippen molar-refractivity contribution in [1.82, 2.24) is 0 Å². The van der Waals surface area contributed by atoms with Crippen LogP contribution in [0.25, 0.3) is 0 Å². The second-order valence-corrected chi connectivity index (χ2v) is 10.7. The summed E-state index contributed by atoms with van der Waals surface area (Å²) in [5, 5.41) is 0. The van der Waals surface area contributed by atoms with Gasteiger partial charge in [-0.05, 0) is 43.2 Å². The van der Waals surface area contributed by atoms with Gasteiger partial charge in [-0.2, -0.15) is 0 Å². The van der Waals surface area contributed by atoms with Crippen molar-refractivity contribution in [2.45, 2.75) is 129 Å². The van der Waals surface area contributed by atoms with Gasteiger partial charge in [-0.3, -0.25) is 4.99 Å². The molecule has 2 rings (SSSR count). The molecule has 0 aliphatic carbocycles. The Morgan fingerprint density at radius 2 is 0.949 bits per heavy atom. The number of unbranched alkanes of at least 4 members (excludes halogenated alkanes) is 18. The van der Waals surface area contributed by atoms with Crippen molar-refractivity contribution in [1.29, 1.82) is 0 Å². The number of benzene rings is 2. The summed E-state index contributed by atoms with van der Waals surface area (Å²) >= 11 is 0. The molecule has 0 N–H and O–H groups in total. The predicted octanol–water partition coefficient (Wildman–Crippen LogP) is 12.1. The summed E-state index contributed by atoms with van der Waals surface area (Å²) in [5.74, 6) is 0. The van der Waals surface area contributed by atoms with Crippen molar-refractivity contribution in [2.24, 2.45) is 9.98 Å². The fraction of sp³-hybridized carbons (Fsp3) is 0.556. The summed E-state index contributed by atoms with van der Waals surface area (Å²) in [5.41, 5.74) is 2.80. The fourth-order valence-electron chi connectivity index (χ4n) is 4.78. The van der Waals surface area contributed by atoms with Crippen LogP contribution in [0.4, 0.5) is 11.4 Å². The Balaban J connectivity index is 0.00000760. The molecule has 0 spiro atoms. The summed E-state index contributed by atoms with van der Waals surface area (Å²) in [6.07, 6.45) is 32.9. The normalized spacial score (nSPS) is 11.9. The number of para-hydroxylation sites is 2. The van der Waals surface area contributed by atoms with Crippen LogP contribution in [0.3, 0.4) is 0 Å². The molecule has 0 aliphatic heterocycles. The molecule has 0 atom stereocenters. The Labute approximate surface area is 250 Å². The van der Waals surface area contributed by atoms with E-state index in [4.69, 9.17) is 4.99 Å². The van der Waals surface area contributed by atoms with Crippen LogP contribution in [0.5, 0.6) is 0 Å². The van der Waals surface area contributed by atoms with Crippen molar-refractivity contribution in [3.63, 3.8) is 0 Å². The Morgan fingerprint density at radius 3 is 1.41 bits per heavy atom. The SMILES string of the molecule is CCCCCCCCCCCCCCCCCCCCC=CC(C=Nc1ccccc1)=Nc1ccccc1.[Ni]. The van der Waals surface area contributed by atoms with Gasteiger partial charge in [-0.15, -0.1) is 0 Å². The largest absolute Gasteiger partial charge is 0.255 e. The molecule has 0 amide bonds. The summed E-state index contributed by atoms with van der Waals surface area (Å²) in [4.78, 5) is 9.37. The average Bonchev–Trinajstić information content (AvgIpc) is 2.96. The first-order valence-corrected chi connectivity index (χ1v) is 15.8. The van der Waals surface area contributed by atoms with Crippen molar-refractivity contribution in [3.05, 3.63) is 72.8 Å². The molecule has 0 aliphatic rings. The second kappa shape index (κ2) is 26.2. The van der Waals surface area contributed by atoms with E-state index in [-0.39, 0.29) is 16.5 Å². The van der Waals surface area contributed by atoms with Crippen LogP contribution in [-0.4, -0.2) is 11.9 Å². The van der Waals surface area contributed by atoms with E-state index < -0.39 is 0 Å². The Hall–Kier alpha value is -1.99. The summed E-state index contributed by atoms with van der Waals surface area (Å²) < 4.78 is 0. The first-order chi connectivity index (χ1) is 18.9. The average molecular weight is 574 g/mol. The third-order valence-electron chi connectivity index (χ3n) is 7.13. The molecule has 0 aromatic heterocycles. The van der Waals surface area contributed by atoms with Crippen LogP contribution < -0.4 is 0 Å². The number of allylic oxidation sites excluding steroid dienone is 2. The van der Waals surface area contributed by atoms with Gasteiger partial charge in [-0.25, -0.2) is 4.99 Å². The maximum absolute atomic E-state index is 4.77. The molecule has 2 nitrogen and oxygen atoms in total. The molecule has 39 heavy (non-hydrogen) atoms. The van der Waals surface area contributed by atoms with Gasteiger partial charge >= 0.3 is 0 Å². The van der Waals surface area contributed by atoms with Crippen LogP contribution in [0, 0.1) is 0 Å². The van der Waals surface area contributed by atoms with Gasteiger partial charge < -0.3 is 0 Å². The molecular formula is C36H54N2Ni. The van der Waals surface area contributed by atoms with E-state index in [0.717, 1.165) is 23.5 Å². The van der Waals surface area contributed by atoms with Crippen molar-refractivity contribution >= 4 is 23.3 Å². The van der Waals surface area contributed by atoms with E-state index in [9.17, 15) is 0 Å². The fourth-order valence-corrected chi connectivity index (χ4v) is 4.78. The van der Waals surface area contributed by atoms with Crippen molar-refractivity contribution < 1.29 is 16.5 Å². The van der Waals surface area contributed by atoms with E-state index in [1.165, 1.54) is 116 Å². The number of hydrogen-bond donors (Lipinski definition) is 0. The molecule has 2 aromatic carbocycles. The van der Waals surface area contributed by atoms with E-state index >= 15 is 0 Å². The van der Waals surface area contributed by atoms with Crippen LogP contribution >= 0.6 is 0 Å². The molecule has 0 saturated carbocycles. The van der Waals surface area contributed by atoms with E-state index in [1.807, 2.05) is 66.9 Å². The van der Waals surface area contributed by atoms with Crippen LogP contribution in [0.1, 0.15) is 129 Å². The van der Waals surface area contributed by atoms with Crippen molar-refractivity contribution in [3.8, 4) is 0 Å². The minimum atomic E-state index is 0. The van der Waals surface area contributed by atoms with Gasteiger partial charge in [-0.1, -0.05) is 159 Å². The molecule has 3 heteroatoms. The number of rotatable bonds is 23. The van der Waals surface area contributed by atoms with Gasteiger partial charge in [0.05, 0.1) is 23.3 Å². The van der Waals surface area contributed by atoms with E-state index in [1.54, 1.807) is 0 Å². The van der Waals surface area contributed by atoms with Gasteiger partial charge in [0.15, 0.2) is 0 Å². The Bertz CT molecular complexity index is 873. The number of nitrogens with zero attached hydrogens (tertiary/aromatic N) is 2. The van der Waals surface area contributed by atoms with Crippen LogP contribution in [-0.2, 0) is 16.5 Å². The van der Waals surface area contributed by atoms with Gasteiger partial charge in [0, 0.05) is 16.5 Å². The molecule has 0 heterocycles. The zero-order chi connectivity index (χ0) is 26.8. The maximum Gasteiger partial charge on any atom is 0.0816 e. The Morgan fingerprint density at radius 1 is 0.538 bits per heavy atom. The zero-order valence-corrected chi connectivity index (χ0v) is 25.6. The molecule has 218 valence electrons. The molecule has 0 fully saturated rings. The first kappa shape index (κ1) is 35.0. The predicted molar refractivity (Wildman–Crippen MR) is 171 cm³/mol. The minimum absolute atomic E-state index is 0. The second-order valence-electron chi connectivity index (χ2n) is 10.7. The molecule has 0 unspecified atom stereocenters. The summed E-state index contributed by atoms with van der Waals surface area (Å²) in [6.45, 7) is 2.30. The number of hydrogen-bond acceptors (Lipinski definition) is 2. The zero-order valence-electron chi connectivity index (χ0n) is 24.7. The topological polar surface area (TPSA) is 24.7 Å². The number of aliphatic imine (C=N–C) groups is 2. The summed E-state index contributed by atoms with van der Waals surface area (Å²) in [7, 11) is 0. The van der Waals surface area contributed by atoms with Gasteiger partial charge in [0.1, 0.15) is 0 Å². The molecule has 0 bridgehead atoms. The van der Waals surface area contributed by atoms with Crippen LogP contribution in [0.2, 0.25) is 0 Å². The molecule has 0 saturated heterocycles. The maximum atomic E-state index is 4.77.